The number of nitrogen functional groups attached to an aromatic ring is 1. The number of aliphatic carboxylic acids is 2. The van der Waals surface area contributed by atoms with E-state index in [2.05, 4.69) is 10.6 Å². The van der Waals surface area contributed by atoms with Crippen LogP contribution >= 0.6 is 24.8 Å². The summed E-state index contributed by atoms with van der Waals surface area (Å²) in [6, 6.07) is 9.74. The molecule has 0 radical (unpaired) electrons. The van der Waals surface area contributed by atoms with Crippen LogP contribution in [0.25, 0.3) is 0 Å². The van der Waals surface area contributed by atoms with E-state index in [9.17, 15) is 19.5 Å². The summed E-state index contributed by atoms with van der Waals surface area (Å²) in [7, 11) is 1.39. The quantitative estimate of drug-likeness (QED) is 0.219. The molecule has 174 valence electrons. The van der Waals surface area contributed by atoms with Gasteiger partial charge < -0.3 is 31.3 Å². The molecule has 0 bridgehead atoms. The highest BCUT2D eigenvalue weighted by atomic mass is 35.5. The van der Waals surface area contributed by atoms with E-state index in [1.54, 1.807) is 30.3 Å². The number of anilines is 2. The van der Waals surface area contributed by atoms with Crippen LogP contribution in [0.15, 0.2) is 42.5 Å². The lowest BCUT2D eigenvalue weighted by Crippen LogP contribution is -2.21. The van der Waals surface area contributed by atoms with E-state index in [1.807, 2.05) is 0 Å². The number of carboxylic acids is 2. The highest BCUT2D eigenvalue weighted by Crippen LogP contribution is 2.30. The Balaban J connectivity index is 0.00000480. The number of ether oxygens (including phenoxy) is 1. The summed E-state index contributed by atoms with van der Waals surface area (Å²) in [4.78, 5) is 34.5. The zero-order valence-electron chi connectivity index (χ0n) is 17.0. The number of carbonyl (C=O) groups is 3. The molecule has 0 aliphatic carbocycles. The van der Waals surface area contributed by atoms with E-state index in [4.69, 9.17) is 21.0 Å². The fraction of sp³-hybridized carbons (Fsp3) is 0.200. The number of hydrogen-bond acceptors (Lipinski definition) is 6. The van der Waals surface area contributed by atoms with Crippen LogP contribution in [-0.4, -0.2) is 41.0 Å². The normalized spacial score (nSPS) is 10.5. The molecule has 2 aromatic rings. The summed E-state index contributed by atoms with van der Waals surface area (Å²) in [5, 5.41) is 31.2. The van der Waals surface area contributed by atoms with Crippen LogP contribution in [0.3, 0.4) is 0 Å². The first-order valence-electron chi connectivity index (χ1n) is 8.84. The topological polar surface area (TPSA) is 175 Å². The lowest BCUT2D eigenvalue weighted by molar-refractivity contribution is -0.139. The Morgan fingerprint density at radius 1 is 1.06 bits per heavy atom. The number of methoxy groups -OCH3 is 1. The average Bonchev–Trinajstić information content (AvgIpc) is 2.70. The molecule has 2 rings (SSSR count). The van der Waals surface area contributed by atoms with Crippen molar-refractivity contribution in [1.82, 2.24) is 0 Å². The van der Waals surface area contributed by atoms with Gasteiger partial charge in [-0.1, -0.05) is 6.07 Å². The van der Waals surface area contributed by atoms with Crippen LogP contribution in [0, 0.1) is 5.41 Å². The van der Waals surface area contributed by atoms with Crippen LogP contribution in [0.2, 0.25) is 0 Å². The highest BCUT2D eigenvalue weighted by Gasteiger charge is 2.22. The second-order valence-electron chi connectivity index (χ2n) is 6.31. The summed E-state index contributed by atoms with van der Waals surface area (Å²) in [6.45, 7) is 0. The van der Waals surface area contributed by atoms with E-state index in [0.29, 0.717) is 22.6 Å². The fourth-order valence-corrected chi connectivity index (χ4v) is 2.64. The molecule has 32 heavy (non-hydrogen) atoms. The van der Waals surface area contributed by atoms with Gasteiger partial charge in [-0.15, -0.1) is 24.8 Å². The van der Waals surface area contributed by atoms with Crippen molar-refractivity contribution in [2.45, 2.75) is 18.9 Å². The van der Waals surface area contributed by atoms with Crippen molar-refractivity contribution in [2.24, 2.45) is 5.73 Å². The lowest BCUT2D eigenvalue weighted by Gasteiger charge is -2.19. The van der Waals surface area contributed by atoms with E-state index < -0.39 is 23.9 Å². The molecule has 0 saturated carbocycles. The first-order chi connectivity index (χ1) is 14.2. The predicted octanol–water partition coefficient (Wildman–Crippen LogP) is 2.86. The fourth-order valence-electron chi connectivity index (χ4n) is 2.64. The van der Waals surface area contributed by atoms with Crippen LogP contribution < -0.4 is 21.1 Å². The molecule has 0 aromatic heterocycles. The summed E-state index contributed by atoms with van der Waals surface area (Å²) in [5.74, 6) is -2.59. The van der Waals surface area contributed by atoms with Gasteiger partial charge in [0.25, 0.3) is 0 Å². The number of nitrogens with one attached hydrogen (secondary N) is 3. The number of rotatable bonds is 10. The third-order valence-electron chi connectivity index (χ3n) is 4.15. The van der Waals surface area contributed by atoms with Gasteiger partial charge in [0.2, 0.25) is 5.91 Å². The number of halogens is 2. The molecule has 0 fully saturated rings. The van der Waals surface area contributed by atoms with E-state index >= 15 is 0 Å². The smallest absolute Gasteiger partial charge is 0.330 e. The molecule has 1 unspecified atom stereocenters. The molecule has 1 amide bonds. The first kappa shape index (κ1) is 28.5. The maximum atomic E-state index is 12.0. The van der Waals surface area contributed by atoms with Crippen LogP contribution in [0.4, 0.5) is 11.4 Å². The van der Waals surface area contributed by atoms with Gasteiger partial charge in [0.05, 0.1) is 19.2 Å². The largest absolute Gasteiger partial charge is 0.495 e. The molecular formula is C20H24Cl2N4O6. The summed E-state index contributed by atoms with van der Waals surface area (Å²) in [6.07, 6.45) is -0.560. The second-order valence-corrected chi connectivity index (χ2v) is 6.31. The van der Waals surface area contributed by atoms with Crippen LogP contribution in [-0.2, 0) is 14.4 Å². The molecule has 7 N–H and O–H groups in total. The SMILES string of the molecule is COc1ccc(C(Nc2ccc(C(=N)N)cc2)C(=O)O)cc1NC(=O)CCC(=O)O.Cl.Cl. The van der Waals surface area contributed by atoms with E-state index in [1.165, 1.54) is 19.2 Å². The zero-order valence-corrected chi connectivity index (χ0v) is 18.6. The standard InChI is InChI=1S/C20H22N4O6.2ClH/c1-30-15-7-4-12(10-14(15)24-16(25)8-9-17(26)27)18(20(28)29)23-13-5-2-11(3-6-13)19(21)22;;/h2-7,10,18,23H,8-9H2,1H3,(H3,21,22)(H,24,25)(H,26,27)(H,28,29);2*1H. The molecule has 0 aliphatic heterocycles. The number of carbonyl (C=O) groups excluding carboxylic acids is 1. The number of hydrogen-bond donors (Lipinski definition) is 6. The number of amidine groups is 1. The predicted molar refractivity (Wildman–Crippen MR) is 124 cm³/mol. The average molecular weight is 487 g/mol. The molecule has 12 heteroatoms. The van der Waals surface area contributed by atoms with Crippen molar-refractivity contribution in [2.75, 3.05) is 17.7 Å². The van der Waals surface area contributed by atoms with Gasteiger partial charge in [-0.05, 0) is 42.0 Å². The third-order valence-corrected chi connectivity index (χ3v) is 4.15. The Hall–Kier alpha value is -3.50. The van der Waals surface area contributed by atoms with E-state index in [-0.39, 0.29) is 49.2 Å². The van der Waals surface area contributed by atoms with Crippen molar-refractivity contribution < 1.29 is 29.3 Å². The minimum atomic E-state index is -1.15. The Morgan fingerprint density at radius 3 is 2.19 bits per heavy atom. The van der Waals surface area contributed by atoms with Crippen molar-refractivity contribution in [3.63, 3.8) is 0 Å². The van der Waals surface area contributed by atoms with Gasteiger partial charge in [-0.2, -0.15) is 0 Å². The number of carboxylic acid groups (broad SMARTS) is 2. The van der Waals surface area contributed by atoms with Crippen molar-refractivity contribution in [3.05, 3.63) is 53.6 Å². The molecule has 2 aromatic carbocycles. The van der Waals surface area contributed by atoms with Gasteiger partial charge in [0, 0.05) is 17.7 Å². The molecular weight excluding hydrogens is 463 g/mol. The Morgan fingerprint density at radius 2 is 1.69 bits per heavy atom. The minimum Gasteiger partial charge on any atom is -0.495 e. The number of benzene rings is 2. The Kier molecular flexibility index (Phi) is 11.6. The Bertz CT molecular complexity index is 969. The second kappa shape index (κ2) is 13.0. The molecule has 0 spiro atoms. The van der Waals surface area contributed by atoms with Gasteiger partial charge >= 0.3 is 11.9 Å². The van der Waals surface area contributed by atoms with Crippen molar-refractivity contribution >= 4 is 59.9 Å². The zero-order chi connectivity index (χ0) is 22.3. The molecule has 0 heterocycles. The minimum absolute atomic E-state index is 0. The summed E-state index contributed by atoms with van der Waals surface area (Å²) in [5.41, 5.74) is 6.98. The number of amides is 1. The highest BCUT2D eigenvalue weighted by molar-refractivity contribution is 5.95. The lowest BCUT2D eigenvalue weighted by atomic mass is 10.0. The van der Waals surface area contributed by atoms with Crippen LogP contribution in [0.5, 0.6) is 5.75 Å². The molecule has 10 nitrogen and oxygen atoms in total. The monoisotopic (exact) mass is 486 g/mol. The van der Waals surface area contributed by atoms with Crippen molar-refractivity contribution in [1.29, 1.82) is 5.41 Å². The maximum absolute atomic E-state index is 12.0. The summed E-state index contributed by atoms with van der Waals surface area (Å²) < 4.78 is 5.19. The summed E-state index contributed by atoms with van der Waals surface area (Å²) >= 11 is 0. The molecule has 0 aliphatic rings. The van der Waals surface area contributed by atoms with Gasteiger partial charge in [-0.3, -0.25) is 15.0 Å². The van der Waals surface area contributed by atoms with Gasteiger partial charge in [0.1, 0.15) is 11.6 Å². The molecule has 0 saturated heterocycles. The van der Waals surface area contributed by atoms with Gasteiger partial charge in [0.15, 0.2) is 6.04 Å². The van der Waals surface area contributed by atoms with Gasteiger partial charge in [-0.25, -0.2) is 4.79 Å². The Labute approximate surface area is 196 Å². The van der Waals surface area contributed by atoms with E-state index in [0.717, 1.165) is 0 Å². The molecule has 1 atom stereocenters. The first-order valence-corrected chi connectivity index (χ1v) is 8.84. The van der Waals surface area contributed by atoms with Crippen LogP contribution in [0.1, 0.15) is 30.0 Å². The number of nitrogens with two attached hydrogens (primary N) is 1. The maximum Gasteiger partial charge on any atom is 0.330 e. The third kappa shape index (κ3) is 7.97. The van der Waals surface area contributed by atoms with Crippen molar-refractivity contribution in [3.8, 4) is 5.75 Å².